The molecule has 1 N–H and O–H groups in total. The third-order valence-corrected chi connectivity index (χ3v) is 4.53. The molecule has 1 amide bonds. The van der Waals surface area contributed by atoms with E-state index in [4.69, 9.17) is 11.6 Å². The van der Waals surface area contributed by atoms with Gasteiger partial charge in [0.2, 0.25) is 5.91 Å². The first kappa shape index (κ1) is 15.8. The number of hydrogen-bond acceptors (Lipinski definition) is 2. The maximum absolute atomic E-state index is 12.6. The van der Waals surface area contributed by atoms with Crippen LogP contribution in [0.5, 0.6) is 0 Å². The molecule has 1 fully saturated rings. The first-order valence-corrected chi connectivity index (χ1v) is 7.67. The highest BCUT2D eigenvalue weighted by Crippen LogP contribution is 2.34. The summed E-state index contributed by atoms with van der Waals surface area (Å²) in [5.74, 6) is -1.87. The predicted octanol–water partition coefficient (Wildman–Crippen LogP) is 3.19. The van der Waals surface area contributed by atoms with Crippen LogP contribution >= 0.6 is 11.6 Å². The number of carboxylic acids is 1. The second kappa shape index (κ2) is 6.94. The maximum Gasteiger partial charge on any atom is 0.307 e. The molecule has 0 aromatic heterocycles. The van der Waals surface area contributed by atoms with Gasteiger partial charge >= 0.3 is 5.97 Å². The predicted molar refractivity (Wildman–Crippen MR) is 81.0 cm³/mol. The summed E-state index contributed by atoms with van der Waals surface area (Å²) >= 11 is 6.14. The largest absolute Gasteiger partial charge is 0.481 e. The van der Waals surface area contributed by atoms with Crippen LogP contribution in [0.1, 0.15) is 31.7 Å². The van der Waals surface area contributed by atoms with Crippen LogP contribution in [0.3, 0.4) is 0 Å². The van der Waals surface area contributed by atoms with E-state index in [0.29, 0.717) is 31.0 Å². The smallest absolute Gasteiger partial charge is 0.307 e. The molecular weight excluding hydrogens is 290 g/mol. The zero-order valence-corrected chi connectivity index (χ0v) is 12.8. The molecule has 0 bridgehead atoms. The Bertz CT molecular complexity index is 532. The number of nitrogens with zero attached hydrogens (tertiary/aromatic N) is 1. The van der Waals surface area contributed by atoms with Gasteiger partial charge in [-0.05, 0) is 31.4 Å². The minimum atomic E-state index is -0.861. The van der Waals surface area contributed by atoms with Crippen LogP contribution in [0.25, 0.3) is 0 Å². The Hall–Kier alpha value is -1.55. The van der Waals surface area contributed by atoms with Crippen LogP contribution in [0.4, 0.5) is 0 Å². The minimum Gasteiger partial charge on any atom is -0.481 e. The molecule has 1 aromatic rings. The van der Waals surface area contributed by atoms with Crippen molar-refractivity contribution in [1.29, 1.82) is 0 Å². The van der Waals surface area contributed by atoms with Crippen LogP contribution in [-0.4, -0.2) is 28.4 Å². The summed E-state index contributed by atoms with van der Waals surface area (Å²) in [7, 11) is 0. The first-order chi connectivity index (χ1) is 10.0. The summed E-state index contributed by atoms with van der Waals surface area (Å²) in [5, 5.41) is 9.86. The molecule has 0 heterocycles. The van der Waals surface area contributed by atoms with Gasteiger partial charge in [0.1, 0.15) is 0 Å². The Morgan fingerprint density at radius 1 is 1.29 bits per heavy atom. The highest BCUT2D eigenvalue weighted by molar-refractivity contribution is 6.31. The molecule has 0 spiro atoms. The minimum absolute atomic E-state index is 0.0673. The van der Waals surface area contributed by atoms with Gasteiger partial charge in [-0.25, -0.2) is 0 Å². The molecule has 1 aliphatic carbocycles. The van der Waals surface area contributed by atoms with Crippen LogP contribution in [0, 0.1) is 11.8 Å². The summed E-state index contributed by atoms with van der Waals surface area (Å²) in [6.45, 7) is 2.88. The Balaban J connectivity index is 2.12. The maximum atomic E-state index is 12.6. The van der Waals surface area contributed by atoms with E-state index in [1.807, 2.05) is 25.1 Å². The van der Waals surface area contributed by atoms with Crippen LogP contribution in [0.15, 0.2) is 24.3 Å². The molecule has 2 unspecified atom stereocenters. The molecule has 21 heavy (non-hydrogen) atoms. The number of carbonyl (C=O) groups is 2. The number of carbonyl (C=O) groups excluding carboxylic acids is 1. The molecule has 0 aliphatic heterocycles. The molecule has 114 valence electrons. The Labute approximate surface area is 129 Å². The van der Waals surface area contributed by atoms with E-state index >= 15 is 0 Å². The molecule has 1 saturated carbocycles. The van der Waals surface area contributed by atoms with Gasteiger partial charge in [-0.15, -0.1) is 0 Å². The third-order valence-electron chi connectivity index (χ3n) is 4.16. The fraction of sp³-hybridized carbons (Fsp3) is 0.500. The van der Waals surface area contributed by atoms with Crippen molar-refractivity contribution < 1.29 is 14.7 Å². The lowest BCUT2D eigenvalue weighted by atomic mass is 9.94. The van der Waals surface area contributed by atoms with Crippen molar-refractivity contribution in [2.75, 3.05) is 6.54 Å². The van der Waals surface area contributed by atoms with Crippen LogP contribution in [-0.2, 0) is 16.1 Å². The second-order valence-corrected chi connectivity index (χ2v) is 5.83. The average Bonchev–Trinajstić information content (AvgIpc) is 2.95. The lowest BCUT2D eigenvalue weighted by Crippen LogP contribution is -2.38. The first-order valence-electron chi connectivity index (χ1n) is 7.29. The number of benzene rings is 1. The normalized spacial score (nSPS) is 21.2. The quantitative estimate of drug-likeness (QED) is 0.908. The Morgan fingerprint density at radius 3 is 2.57 bits per heavy atom. The van der Waals surface area contributed by atoms with Gasteiger partial charge in [0.25, 0.3) is 0 Å². The lowest BCUT2D eigenvalue weighted by Gasteiger charge is -2.26. The number of amides is 1. The van der Waals surface area contributed by atoms with Crippen LogP contribution in [0.2, 0.25) is 5.02 Å². The van der Waals surface area contributed by atoms with Crippen molar-refractivity contribution in [1.82, 2.24) is 4.90 Å². The number of hydrogen-bond donors (Lipinski definition) is 1. The molecule has 4 nitrogen and oxygen atoms in total. The van der Waals surface area contributed by atoms with Crippen molar-refractivity contribution in [3.63, 3.8) is 0 Å². The molecule has 0 radical (unpaired) electrons. The number of rotatable bonds is 5. The van der Waals surface area contributed by atoms with E-state index in [2.05, 4.69) is 0 Å². The fourth-order valence-electron chi connectivity index (χ4n) is 2.96. The van der Waals surface area contributed by atoms with E-state index in [0.717, 1.165) is 12.0 Å². The summed E-state index contributed by atoms with van der Waals surface area (Å²) in [4.78, 5) is 25.6. The van der Waals surface area contributed by atoms with E-state index < -0.39 is 17.8 Å². The van der Waals surface area contributed by atoms with E-state index in [-0.39, 0.29) is 5.91 Å². The lowest BCUT2D eigenvalue weighted by molar-refractivity contribution is -0.149. The molecule has 1 aromatic carbocycles. The summed E-state index contributed by atoms with van der Waals surface area (Å²) in [6, 6.07) is 7.42. The van der Waals surface area contributed by atoms with Gasteiger partial charge in [-0.2, -0.15) is 0 Å². The van der Waals surface area contributed by atoms with Crippen molar-refractivity contribution >= 4 is 23.5 Å². The summed E-state index contributed by atoms with van der Waals surface area (Å²) in [6.07, 6.45) is 2.06. The highest BCUT2D eigenvalue weighted by Gasteiger charge is 2.39. The molecule has 1 aliphatic rings. The third kappa shape index (κ3) is 3.56. The molecular formula is C16H20ClNO3. The van der Waals surface area contributed by atoms with Crippen molar-refractivity contribution in [2.24, 2.45) is 11.8 Å². The zero-order valence-electron chi connectivity index (χ0n) is 12.1. The monoisotopic (exact) mass is 309 g/mol. The summed E-state index contributed by atoms with van der Waals surface area (Å²) < 4.78 is 0. The summed E-state index contributed by atoms with van der Waals surface area (Å²) in [5.41, 5.74) is 0.888. The van der Waals surface area contributed by atoms with Gasteiger partial charge in [0, 0.05) is 18.1 Å². The molecule has 2 rings (SSSR count). The Morgan fingerprint density at radius 2 is 1.95 bits per heavy atom. The SMILES string of the molecule is CCN(Cc1ccccc1Cl)C(=O)C1CCCC1C(=O)O. The standard InChI is InChI=1S/C16H20ClNO3/c1-2-18(10-11-6-3-4-9-14(11)17)15(19)12-7-5-8-13(12)16(20)21/h3-4,6,9,12-13H,2,5,7-8,10H2,1H3,(H,20,21). The van der Waals surface area contributed by atoms with Crippen LogP contribution < -0.4 is 0 Å². The van der Waals surface area contributed by atoms with E-state index in [9.17, 15) is 14.7 Å². The van der Waals surface area contributed by atoms with Gasteiger partial charge < -0.3 is 10.0 Å². The van der Waals surface area contributed by atoms with Gasteiger partial charge in [-0.3, -0.25) is 9.59 Å². The average molecular weight is 310 g/mol. The number of halogens is 1. The molecule has 5 heteroatoms. The van der Waals surface area contributed by atoms with Crippen molar-refractivity contribution in [3.8, 4) is 0 Å². The van der Waals surface area contributed by atoms with Crippen molar-refractivity contribution in [2.45, 2.75) is 32.7 Å². The van der Waals surface area contributed by atoms with Gasteiger partial charge in [0.15, 0.2) is 0 Å². The highest BCUT2D eigenvalue weighted by atomic mass is 35.5. The van der Waals surface area contributed by atoms with E-state index in [1.165, 1.54) is 0 Å². The van der Waals surface area contributed by atoms with Gasteiger partial charge in [0.05, 0.1) is 11.8 Å². The second-order valence-electron chi connectivity index (χ2n) is 5.43. The zero-order chi connectivity index (χ0) is 15.4. The van der Waals surface area contributed by atoms with Gasteiger partial charge in [-0.1, -0.05) is 36.2 Å². The van der Waals surface area contributed by atoms with Crippen molar-refractivity contribution in [3.05, 3.63) is 34.9 Å². The number of aliphatic carboxylic acids is 1. The molecule has 2 atom stereocenters. The fourth-order valence-corrected chi connectivity index (χ4v) is 3.16. The number of carboxylic acid groups (broad SMARTS) is 1. The molecule has 0 saturated heterocycles. The topological polar surface area (TPSA) is 57.6 Å². The Kier molecular flexibility index (Phi) is 5.23. The van der Waals surface area contributed by atoms with E-state index in [1.54, 1.807) is 11.0 Å².